The van der Waals surface area contributed by atoms with Crippen LogP contribution in [0.25, 0.3) is 5.70 Å². The molecule has 0 bridgehead atoms. The molecule has 7 nitrogen and oxygen atoms in total. The molecular formula is C20H23N4O3+. The summed E-state index contributed by atoms with van der Waals surface area (Å²) in [4.78, 5) is 14.4. The zero-order valence-electron chi connectivity index (χ0n) is 15.2. The highest BCUT2D eigenvalue weighted by molar-refractivity contribution is 6.04. The van der Waals surface area contributed by atoms with Crippen molar-refractivity contribution in [3.63, 3.8) is 0 Å². The van der Waals surface area contributed by atoms with Crippen molar-refractivity contribution >= 4 is 17.1 Å². The topological polar surface area (TPSA) is 104 Å². The van der Waals surface area contributed by atoms with Crippen LogP contribution in [0.15, 0.2) is 54.1 Å². The Morgan fingerprint density at radius 1 is 1.26 bits per heavy atom. The first-order valence-corrected chi connectivity index (χ1v) is 8.76. The summed E-state index contributed by atoms with van der Waals surface area (Å²) in [5, 5.41) is 14.7. The quantitative estimate of drug-likeness (QED) is 0.540. The summed E-state index contributed by atoms with van der Waals surface area (Å²) in [5.74, 6) is 0.812. The summed E-state index contributed by atoms with van der Waals surface area (Å²) in [6.07, 6.45) is 0.711. The van der Waals surface area contributed by atoms with Crippen LogP contribution < -0.4 is 20.8 Å². The van der Waals surface area contributed by atoms with Crippen molar-refractivity contribution in [1.82, 2.24) is 5.32 Å². The van der Waals surface area contributed by atoms with Crippen molar-refractivity contribution in [2.24, 2.45) is 5.73 Å². The molecule has 0 aliphatic carbocycles. The highest BCUT2D eigenvalue weighted by Gasteiger charge is 2.24. The minimum Gasteiger partial charge on any atom is -0.497 e. The van der Waals surface area contributed by atoms with Gasteiger partial charge in [-0.25, -0.2) is 4.99 Å². The molecule has 3 rings (SSSR count). The average molecular weight is 367 g/mol. The van der Waals surface area contributed by atoms with Crippen LogP contribution in [-0.2, 0) is 6.54 Å². The summed E-state index contributed by atoms with van der Waals surface area (Å²) in [7, 11) is 1.64. The second-order valence-electron chi connectivity index (χ2n) is 6.27. The molecule has 2 aromatic rings. The lowest BCUT2D eigenvalue weighted by atomic mass is 9.96. The lowest BCUT2D eigenvalue weighted by molar-refractivity contribution is -0.475. The first-order chi connectivity index (χ1) is 13.1. The van der Waals surface area contributed by atoms with Crippen LogP contribution >= 0.6 is 0 Å². The molecule has 0 spiro atoms. The van der Waals surface area contributed by atoms with Gasteiger partial charge in [-0.05, 0) is 36.8 Å². The molecule has 27 heavy (non-hydrogen) atoms. The molecule has 7 heteroatoms. The number of hydrogen-bond acceptors (Lipinski definition) is 5. The van der Waals surface area contributed by atoms with E-state index < -0.39 is 4.92 Å². The summed E-state index contributed by atoms with van der Waals surface area (Å²) in [6.45, 7) is 2.06. The molecule has 0 aromatic heterocycles. The standard InChI is InChI=1S/C20H22N4O3/c1-27-15-8-6-14(7-9-15)12-23-18-13-22-11-10-16(18)20(21)17-4-2-3-5-19(17)24(25)26/h2-9,22H,10-13,21H2,1H3/p+1. The Morgan fingerprint density at radius 3 is 2.70 bits per heavy atom. The predicted molar refractivity (Wildman–Crippen MR) is 104 cm³/mol. The van der Waals surface area contributed by atoms with Gasteiger partial charge in [-0.3, -0.25) is 10.1 Å². The molecule has 140 valence electrons. The molecule has 0 amide bonds. The number of benzene rings is 2. The van der Waals surface area contributed by atoms with Crippen molar-refractivity contribution in [3.05, 3.63) is 75.3 Å². The largest absolute Gasteiger partial charge is 0.497 e. The van der Waals surface area contributed by atoms with E-state index in [-0.39, 0.29) is 5.69 Å². The smallest absolute Gasteiger partial charge is 0.278 e. The number of nitrogens with one attached hydrogen (secondary N) is 2. The molecule has 1 aliphatic heterocycles. The van der Waals surface area contributed by atoms with Crippen LogP contribution in [-0.4, -0.2) is 30.8 Å². The van der Waals surface area contributed by atoms with E-state index in [4.69, 9.17) is 10.5 Å². The van der Waals surface area contributed by atoms with Crippen LogP contribution in [0.5, 0.6) is 5.75 Å². The molecule has 0 atom stereocenters. The Morgan fingerprint density at radius 2 is 2.00 bits per heavy atom. The van der Waals surface area contributed by atoms with E-state index in [0.29, 0.717) is 30.8 Å². The Hall–Kier alpha value is -3.19. The Balaban J connectivity index is 1.92. The van der Waals surface area contributed by atoms with Crippen molar-refractivity contribution in [2.75, 3.05) is 20.2 Å². The van der Waals surface area contributed by atoms with Gasteiger partial charge in [0.2, 0.25) is 0 Å². The summed E-state index contributed by atoms with van der Waals surface area (Å²) >= 11 is 0. The van der Waals surface area contributed by atoms with E-state index in [9.17, 15) is 10.1 Å². The lowest BCUT2D eigenvalue weighted by Crippen LogP contribution is -2.74. The van der Waals surface area contributed by atoms with Crippen LogP contribution in [0.4, 0.5) is 5.69 Å². The molecular weight excluding hydrogens is 344 g/mol. The van der Waals surface area contributed by atoms with Crippen molar-refractivity contribution < 1.29 is 14.7 Å². The molecule has 0 saturated carbocycles. The van der Waals surface area contributed by atoms with Gasteiger partial charge < -0.3 is 15.8 Å². The Labute approximate surface area is 157 Å². The SMILES string of the molecule is COc1ccc(C[NH+]=C2CNCCC2=C(N)c2ccccc2[N+](=O)[O-])cc1. The lowest BCUT2D eigenvalue weighted by Gasteiger charge is -2.17. The van der Waals surface area contributed by atoms with Crippen LogP contribution in [0.2, 0.25) is 0 Å². The summed E-state index contributed by atoms with van der Waals surface area (Å²) in [6, 6.07) is 14.4. The van der Waals surface area contributed by atoms with E-state index in [0.717, 1.165) is 29.1 Å². The minimum atomic E-state index is -0.395. The zero-order chi connectivity index (χ0) is 19.2. The summed E-state index contributed by atoms with van der Waals surface area (Å²) in [5.41, 5.74) is 10.3. The van der Waals surface area contributed by atoms with Gasteiger partial charge in [0.05, 0.1) is 29.8 Å². The van der Waals surface area contributed by atoms with Gasteiger partial charge in [0.25, 0.3) is 5.69 Å². The maximum absolute atomic E-state index is 11.3. The molecule has 2 aromatic carbocycles. The monoisotopic (exact) mass is 367 g/mol. The number of nitrogens with two attached hydrogens (primary N) is 1. The van der Waals surface area contributed by atoms with Crippen molar-refractivity contribution in [3.8, 4) is 5.75 Å². The maximum Gasteiger partial charge on any atom is 0.278 e. The van der Waals surface area contributed by atoms with Gasteiger partial charge in [-0.1, -0.05) is 12.1 Å². The Bertz CT molecular complexity index is 888. The second-order valence-corrected chi connectivity index (χ2v) is 6.27. The molecule has 1 heterocycles. The number of nitro benzene ring substituents is 1. The van der Waals surface area contributed by atoms with Gasteiger partial charge >= 0.3 is 0 Å². The third-order valence-electron chi connectivity index (χ3n) is 4.60. The molecule has 1 fully saturated rings. The van der Waals surface area contributed by atoms with Crippen LogP contribution in [0, 0.1) is 10.1 Å². The Kier molecular flexibility index (Phi) is 5.83. The van der Waals surface area contributed by atoms with Crippen LogP contribution in [0.3, 0.4) is 0 Å². The number of nitrogens with zero attached hydrogens (tertiary/aromatic N) is 1. The number of hydrogen-bond donors (Lipinski definition) is 3. The average Bonchev–Trinajstić information content (AvgIpc) is 2.72. The number of nitro groups is 1. The van der Waals surface area contributed by atoms with Gasteiger partial charge in [0.15, 0.2) is 12.3 Å². The maximum atomic E-state index is 11.3. The van der Waals surface area contributed by atoms with Gasteiger partial charge in [-0.2, -0.15) is 0 Å². The second kappa shape index (κ2) is 8.46. The zero-order valence-corrected chi connectivity index (χ0v) is 15.2. The number of rotatable bonds is 5. The van der Waals surface area contributed by atoms with E-state index >= 15 is 0 Å². The summed E-state index contributed by atoms with van der Waals surface area (Å²) < 4.78 is 5.18. The first-order valence-electron chi connectivity index (χ1n) is 8.76. The number of ether oxygens (including phenoxy) is 1. The number of methoxy groups -OCH3 is 1. The molecule has 0 unspecified atom stereocenters. The number of para-hydroxylation sites is 1. The van der Waals surface area contributed by atoms with E-state index in [2.05, 4.69) is 10.3 Å². The highest BCUT2D eigenvalue weighted by Crippen LogP contribution is 2.26. The minimum absolute atomic E-state index is 0.0236. The highest BCUT2D eigenvalue weighted by atomic mass is 16.6. The van der Waals surface area contributed by atoms with Gasteiger partial charge in [0, 0.05) is 23.7 Å². The fraction of sp³-hybridized carbons (Fsp3) is 0.250. The fourth-order valence-electron chi connectivity index (χ4n) is 3.13. The number of piperidine rings is 1. The van der Waals surface area contributed by atoms with E-state index in [1.165, 1.54) is 6.07 Å². The van der Waals surface area contributed by atoms with Crippen molar-refractivity contribution in [1.29, 1.82) is 0 Å². The van der Waals surface area contributed by atoms with Gasteiger partial charge in [0.1, 0.15) is 5.75 Å². The van der Waals surface area contributed by atoms with E-state index in [1.54, 1.807) is 25.3 Å². The van der Waals surface area contributed by atoms with Crippen LogP contribution in [0.1, 0.15) is 17.5 Å². The molecule has 1 saturated heterocycles. The molecule has 1 aliphatic rings. The molecule has 0 radical (unpaired) electrons. The third kappa shape index (κ3) is 4.32. The van der Waals surface area contributed by atoms with Gasteiger partial charge in [-0.15, -0.1) is 0 Å². The van der Waals surface area contributed by atoms with E-state index in [1.807, 2.05) is 24.3 Å². The van der Waals surface area contributed by atoms with Crippen molar-refractivity contribution in [2.45, 2.75) is 13.0 Å². The molecule has 4 N–H and O–H groups in total. The fourth-order valence-corrected chi connectivity index (χ4v) is 3.13. The first kappa shape index (κ1) is 18.6. The predicted octanol–water partition coefficient (Wildman–Crippen LogP) is 0.988. The normalized spacial score (nSPS) is 17.6. The third-order valence-corrected chi connectivity index (χ3v) is 4.60.